The number of carbonyl (C=O) groups is 1. The van der Waals surface area contributed by atoms with Crippen LogP contribution in [-0.2, 0) is 20.2 Å². The Kier molecular flexibility index (Phi) is 4.32. The van der Waals surface area contributed by atoms with Crippen molar-refractivity contribution in [3.63, 3.8) is 0 Å². The van der Waals surface area contributed by atoms with E-state index in [2.05, 4.69) is 30.4 Å². The summed E-state index contributed by atoms with van der Waals surface area (Å²) in [6.07, 6.45) is 5.98. The Bertz CT molecular complexity index is 730. The molecule has 1 aliphatic carbocycles. The van der Waals surface area contributed by atoms with E-state index >= 15 is 0 Å². The van der Waals surface area contributed by atoms with Crippen LogP contribution in [-0.4, -0.2) is 20.1 Å². The van der Waals surface area contributed by atoms with Crippen LogP contribution in [0, 0.1) is 12.8 Å². The molecule has 1 aliphatic heterocycles. The fourth-order valence-electron chi connectivity index (χ4n) is 3.73. The summed E-state index contributed by atoms with van der Waals surface area (Å²) >= 11 is 0. The summed E-state index contributed by atoms with van der Waals surface area (Å²) in [4.78, 5) is 12.5. The lowest BCUT2D eigenvalue weighted by molar-refractivity contribution is -0.123. The third kappa shape index (κ3) is 3.66. The molecule has 23 heavy (non-hydrogen) atoms. The van der Waals surface area contributed by atoms with Crippen molar-refractivity contribution in [3.05, 3.63) is 46.9 Å². The molecule has 1 atom stereocenters. The second-order valence-corrected chi connectivity index (χ2v) is 8.76. The molecule has 124 valence electrons. The van der Waals surface area contributed by atoms with E-state index in [0.717, 1.165) is 31.2 Å². The Labute approximate surface area is 137 Å². The maximum absolute atomic E-state index is 12.5. The molecule has 5 heteroatoms. The number of sulfone groups is 1. The number of allylic oxidation sites excluding steroid dienone is 1. The number of amides is 1. The molecule has 0 spiro atoms. The fraction of sp³-hybridized carbons (Fsp3) is 0.500. The molecule has 1 N–H and O–H groups in total. The lowest BCUT2D eigenvalue weighted by Gasteiger charge is -2.32. The maximum Gasteiger partial charge on any atom is 0.221 e. The van der Waals surface area contributed by atoms with Gasteiger partial charge in [-0.25, -0.2) is 8.42 Å². The van der Waals surface area contributed by atoms with E-state index in [1.165, 1.54) is 11.0 Å². The Hall–Kier alpha value is -1.62. The van der Waals surface area contributed by atoms with Crippen LogP contribution in [0.2, 0.25) is 0 Å². The Morgan fingerprint density at radius 1 is 1.30 bits per heavy atom. The Morgan fingerprint density at radius 2 is 2.04 bits per heavy atom. The van der Waals surface area contributed by atoms with Gasteiger partial charge >= 0.3 is 0 Å². The molecule has 1 aromatic rings. The summed E-state index contributed by atoms with van der Waals surface area (Å²) in [5, 5.41) is 4.46. The summed E-state index contributed by atoms with van der Waals surface area (Å²) in [5.41, 5.74) is 2.07. The number of aryl methyl sites for hydroxylation is 1. The topological polar surface area (TPSA) is 63.2 Å². The van der Waals surface area contributed by atoms with Crippen LogP contribution in [0.25, 0.3) is 0 Å². The first-order chi connectivity index (χ1) is 10.9. The molecule has 1 fully saturated rings. The highest BCUT2D eigenvalue weighted by Crippen LogP contribution is 2.39. The van der Waals surface area contributed by atoms with Crippen molar-refractivity contribution in [2.24, 2.45) is 5.92 Å². The minimum Gasteiger partial charge on any atom is -0.347 e. The second-order valence-electron chi connectivity index (χ2n) is 6.83. The van der Waals surface area contributed by atoms with Gasteiger partial charge in [0.15, 0.2) is 9.84 Å². The van der Waals surface area contributed by atoms with E-state index in [9.17, 15) is 13.2 Å². The van der Waals surface area contributed by atoms with Gasteiger partial charge in [-0.05, 0) is 25.3 Å². The average molecular weight is 333 g/mol. The van der Waals surface area contributed by atoms with Crippen molar-refractivity contribution in [1.29, 1.82) is 0 Å². The minimum atomic E-state index is -3.10. The average Bonchev–Trinajstić information content (AvgIpc) is 3.06. The van der Waals surface area contributed by atoms with Gasteiger partial charge in [-0.15, -0.1) is 0 Å². The summed E-state index contributed by atoms with van der Waals surface area (Å²) < 4.78 is 22.9. The van der Waals surface area contributed by atoms with Gasteiger partial charge < -0.3 is 5.32 Å². The summed E-state index contributed by atoms with van der Waals surface area (Å²) in [5.74, 6) is -0.200. The van der Waals surface area contributed by atoms with Crippen molar-refractivity contribution >= 4 is 15.7 Å². The number of benzene rings is 1. The second kappa shape index (κ2) is 6.11. The smallest absolute Gasteiger partial charge is 0.221 e. The van der Waals surface area contributed by atoms with Gasteiger partial charge in [-0.2, -0.15) is 0 Å². The van der Waals surface area contributed by atoms with Crippen LogP contribution in [0.15, 0.2) is 35.7 Å². The largest absolute Gasteiger partial charge is 0.347 e. The van der Waals surface area contributed by atoms with Gasteiger partial charge in [0.05, 0.1) is 11.3 Å². The number of nitrogens with one attached hydrogen (secondary N) is 1. The third-order valence-corrected chi connectivity index (χ3v) is 6.32. The number of rotatable bonds is 4. The maximum atomic E-state index is 12.5. The Morgan fingerprint density at radius 3 is 2.65 bits per heavy atom. The monoisotopic (exact) mass is 333 g/mol. The number of hydrogen-bond donors (Lipinski definition) is 1. The molecule has 3 rings (SSSR count). The third-order valence-electron chi connectivity index (χ3n) is 4.86. The first kappa shape index (κ1) is 16.2. The van der Waals surface area contributed by atoms with E-state index in [0.29, 0.717) is 0 Å². The van der Waals surface area contributed by atoms with E-state index < -0.39 is 9.84 Å². The number of carbonyl (C=O) groups excluding carboxylic acids is 1. The predicted octanol–water partition coefficient (Wildman–Crippen LogP) is 2.83. The van der Waals surface area contributed by atoms with Gasteiger partial charge in [0, 0.05) is 17.7 Å². The highest BCUT2D eigenvalue weighted by atomic mass is 32.2. The van der Waals surface area contributed by atoms with Crippen LogP contribution < -0.4 is 5.32 Å². The summed E-state index contributed by atoms with van der Waals surface area (Å²) in [6.45, 7) is 2.06. The lowest BCUT2D eigenvalue weighted by atomic mass is 9.87. The molecular weight excluding hydrogens is 310 g/mol. The zero-order valence-electron chi connectivity index (χ0n) is 13.4. The predicted molar refractivity (Wildman–Crippen MR) is 90.5 cm³/mol. The summed E-state index contributed by atoms with van der Waals surface area (Å²) in [6, 6.07) is 8.31. The van der Waals surface area contributed by atoms with Crippen LogP contribution in [0.5, 0.6) is 0 Å². The molecule has 1 unspecified atom stereocenters. The molecule has 1 saturated carbocycles. The molecule has 2 aliphatic rings. The molecule has 4 nitrogen and oxygen atoms in total. The molecule has 0 aromatic heterocycles. The van der Waals surface area contributed by atoms with Crippen molar-refractivity contribution in [2.45, 2.75) is 44.6 Å². The van der Waals surface area contributed by atoms with Gasteiger partial charge in [0.2, 0.25) is 5.91 Å². The molecule has 1 aromatic carbocycles. The molecule has 1 heterocycles. The van der Waals surface area contributed by atoms with Crippen LogP contribution in [0.3, 0.4) is 0 Å². The zero-order chi connectivity index (χ0) is 16.5. The van der Waals surface area contributed by atoms with Crippen molar-refractivity contribution in [1.82, 2.24) is 5.32 Å². The van der Waals surface area contributed by atoms with Crippen molar-refractivity contribution in [2.75, 3.05) is 5.75 Å². The van der Waals surface area contributed by atoms with E-state index in [4.69, 9.17) is 0 Å². The van der Waals surface area contributed by atoms with Crippen LogP contribution >= 0.6 is 0 Å². The quantitative estimate of drug-likeness (QED) is 0.921. The minimum absolute atomic E-state index is 0.0534. The SMILES string of the molecule is Cc1cccc(C2(NC(=O)CC3C=CS(=O)(=O)C3)CCCC2)c1. The Balaban J connectivity index is 1.73. The van der Waals surface area contributed by atoms with Gasteiger partial charge in [0.25, 0.3) is 0 Å². The van der Waals surface area contributed by atoms with E-state index in [1.807, 2.05) is 6.07 Å². The van der Waals surface area contributed by atoms with Crippen molar-refractivity contribution in [3.8, 4) is 0 Å². The van der Waals surface area contributed by atoms with E-state index in [1.54, 1.807) is 6.08 Å². The van der Waals surface area contributed by atoms with Gasteiger partial charge in [0.1, 0.15) is 0 Å². The molecule has 0 bridgehead atoms. The highest BCUT2D eigenvalue weighted by Gasteiger charge is 2.37. The van der Waals surface area contributed by atoms with E-state index in [-0.39, 0.29) is 29.5 Å². The molecule has 0 saturated heterocycles. The normalized spacial score (nSPS) is 24.7. The first-order valence-electron chi connectivity index (χ1n) is 8.18. The first-order valence-corrected chi connectivity index (χ1v) is 9.89. The van der Waals surface area contributed by atoms with Crippen LogP contribution in [0.1, 0.15) is 43.2 Å². The van der Waals surface area contributed by atoms with Gasteiger partial charge in [-0.3, -0.25) is 4.79 Å². The van der Waals surface area contributed by atoms with Crippen molar-refractivity contribution < 1.29 is 13.2 Å². The van der Waals surface area contributed by atoms with Gasteiger partial charge in [-0.1, -0.05) is 48.7 Å². The standard InChI is InChI=1S/C18H23NO3S/c1-14-5-4-6-16(11-14)18(8-2-3-9-18)19-17(20)12-15-7-10-23(21,22)13-15/h4-7,10-11,15H,2-3,8-9,12-13H2,1H3,(H,19,20). The highest BCUT2D eigenvalue weighted by molar-refractivity contribution is 7.94. The fourth-order valence-corrected chi connectivity index (χ4v) is 5.13. The molecule has 1 amide bonds. The molecular formula is C18H23NO3S. The zero-order valence-corrected chi connectivity index (χ0v) is 14.2. The number of hydrogen-bond acceptors (Lipinski definition) is 3. The molecule has 0 radical (unpaired) electrons. The summed E-state index contributed by atoms with van der Waals surface area (Å²) in [7, 11) is -3.10. The van der Waals surface area contributed by atoms with Crippen LogP contribution in [0.4, 0.5) is 0 Å². The lowest BCUT2D eigenvalue weighted by Crippen LogP contribution is -2.44.